The van der Waals surface area contributed by atoms with E-state index in [0.717, 1.165) is 5.69 Å². The van der Waals surface area contributed by atoms with Gasteiger partial charge in [-0.2, -0.15) is 5.26 Å². The second-order valence-electron chi connectivity index (χ2n) is 3.63. The lowest BCUT2D eigenvalue weighted by Gasteiger charge is -2.22. The normalized spacial score (nSPS) is 9.83. The lowest BCUT2D eigenvalue weighted by molar-refractivity contribution is -0.122. The predicted molar refractivity (Wildman–Crippen MR) is 67.3 cm³/mol. The number of anilines is 1. The minimum absolute atomic E-state index is 0.0176. The fourth-order valence-corrected chi connectivity index (χ4v) is 1.50. The van der Waals surface area contributed by atoms with Crippen molar-refractivity contribution in [1.82, 2.24) is 0 Å². The molecule has 0 bridgehead atoms. The molecule has 18 heavy (non-hydrogen) atoms. The number of hydrogen-bond acceptors (Lipinski definition) is 4. The summed E-state index contributed by atoms with van der Waals surface area (Å²) in [5.41, 5.74) is 1.29. The fraction of sp³-hybridized carbons (Fsp3) is 0.385. The Labute approximate surface area is 107 Å². The largest absolute Gasteiger partial charge is 0.383 e. The molecule has 1 rings (SSSR count). The number of nitrogens with zero attached hydrogens (tertiary/aromatic N) is 2. The molecule has 0 fully saturated rings. The maximum Gasteiger partial charge on any atom is 0.253 e. The van der Waals surface area contributed by atoms with Crippen molar-refractivity contribution in [2.45, 2.75) is 0 Å². The Morgan fingerprint density at radius 2 is 1.94 bits per heavy atom. The molecule has 96 valence electrons. The average molecular weight is 248 g/mol. The topological polar surface area (TPSA) is 62.6 Å². The molecule has 1 aromatic rings. The Morgan fingerprint density at radius 1 is 1.28 bits per heavy atom. The first kappa shape index (κ1) is 14.2. The molecule has 0 aliphatic heterocycles. The maximum absolute atomic E-state index is 11.9. The van der Waals surface area contributed by atoms with Crippen molar-refractivity contribution in [1.29, 1.82) is 5.26 Å². The monoisotopic (exact) mass is 248 g/mol. The summed E-state index contributed by atoms with van der Waals surface area (Å²) in [6.45, 7) is 0.907. The molecule has 0 aliphatic carbocycles. The molecule has 0 radical (unpaired) electrons. The number of nitriles is 1. The highest BCUT2D eigenvalue weighted by molar-refractivity contribution is 5.94. The zero-order valence-corrected chi connectivity index (χ0v) is 10.5. The molecular weight excluding hydrogens is 232 g/mol. The summed E-state index contributed by atoms with van der Waals surface area (Å²) in [5, 5.41) is 8.73. The van der Waals surface area contributed by atoms with E-state index in [1.807, 2.05) is 6.07 Å². The summed E-state index contributed by atoms with van der Waals surface area (Å²) in [4.78, 5) is 13.5. The smallest absolute Gasteiger partial charge is 0.253 e. The molecule has 0 N–H and O–H groups in total. The Balaban J connectivity index is 2.86. The third-order valence-corrected chi connectivity index (χ3v) is 2.40. The Kier molecular flexibility index (Phi) is 5.85. The molecule has 0 atom stereocenters. The quantitative estimate of drug-likeness (QED) is 0.758. The SMILES string of the molecule is COCCN(C(=O)COC)c1ccc(C#N)cc1. The van der Waals surface area contributed by atoms with E-state index >= 15 is 0 Å². The van der Waals surface area contributed by atoms with Gasteiger partial charge in [0.2, 0.25) is 0 Å². The minimum Gasteiger partial charge on any atom is -0.383 e. The van der Waals surface area contributed by atoms with E-state index < -0.39 is 0 Å². The summed E-state index contributed by atoms with van der Waals surface area (Å²) >= 11 is 0. The highest BCUT2D eigenvalue weighted by Crippen LogP contribution is 2.15. The molecule has 0 saturated carbocycles. The Morgan fingerprint density at radius 3 is 2.44 bits per heavy atom. The van der Waals surface area contributed by atoms with Crippen molar-refractivity contribution in [3.8, 4) is 6.07 Å². The third kappa shape index (κ3) is 3.84. The molecule has 0 spiro atoms. The molecule has 1 amide bonds. The number of rotatable bonds is 6. The molecule has 1 aromatic carbocycles. The van der Waals surface area contributed by atoms with E-state index in [1.54, 1.807) is 36.3 Å². The van der Waals surface area contributed by atoms with Crippen LogP contribution in [0.2, 0.25) is 0 Å². The summed E-state index contributed by atoms with van der Waals surface area (Å²) in [6, 6.07) is 8.87. The summed E-state index contributed by atoms with van der Waals surface area (Å²) < 4.78 is 9.83. The van der Waals surface area contributed by atoms with Gasteiger partial charge in [0.25, 0.3) is 5.91 Å². The third-order valence-electron chi connectivity index (χ3n) is 2.40. The van der Waals surface area contributed by atoms with Crippen molar-refractivity contribution < 1.29 is 14.3 Å². The number of carbonyl (C=O) groups is 1. The van der Waals surface area contributed by atoms with Crippen LogP contribution in [0.1, 0.15) is 5.56 Å². The fourth-order valence-electron chi connectivity index (χ4n) is 1.50. The molecule has 0 aliphatic rings. The van der Waals surface area contributed by atoms with Gasteiger partial charge in [0.05, 0.1) is 18.2 Å². The Hall–Kier alpha value is -1.90. The molecule has 0 aromatic heterocycles. The van der Waals surface area contributed by atoms with E-state index in [4.69, 9.17) is 14.7 Å². The van der Waals surface area contributed by atoms with Gasteiger partial charge in [-0.05, 0) is 24.3 Å². The van der Waals surface area contributed by atoms with Crippen molar-refractivity contribution in [3.05, 3.63) is 29.8 Å². The van der Waals surface area contributed by atoms with Crippen LogP contribution in [-0.4, -0.2) is 39.9 Å². The second kappa shape index (κ2) is 7.43. The minimum atomic E-state index is -0.140. The van der Waals surface area contributed by atoms with Crippen LogP contribution < -0.4 is 4.90 Å². The van der Waals surface area contributed by atoms with Crippen LogP contribution in [0.25, 0.3) is 0 Å². The number of ether oxygens (including phenoxy) is 2. The second-order valence-corrected chi connectivity index (χ2v) is 3.63. The highest BCUT2D eigenvalue weighted by Gasteiger charge is 2.14. The van der Waals surface area contributed by atoms with Crippen molar-refractivity contribution >= 4 is 11.6 Å². The first-order valence-corrected chi connectivity index (χ1v) is 5.51. The number of carbonyl (C=O) groups excluding carboxylic acids is 1. The number of methoxy groups -OCH3 is 2. The maximum atomic E-state index is 11.9. The number of hydrogen-bond donors (Lipinski definition) is 0. The van der Waals surface area contributed by atoms with Crippen molar-refractivity contribution in [2.75, 3.05) is 38.9 Å². The van der Waals surface area contributed by atoms with Gasteiger partial charge >= 0.3 is 0 Å². The van der Waals surface area contributed by atoms with Gasteiger partial charge in [-0.3, -0.25) is 4.79 Å². The first-order chi connectivity index (χ1) is 8.72. The van der Waals surface area contributed by atoms with Crippen LogP contribution in [0.4, 0.5) is 5.69 Å². The lowest BCUT2D eigenvalue weighted by atomic mass is 10.2. The molecule has 5 heteroatoms. The van der Waals surface area contributed by atoms with E-state index in [2.05, 4.69) is 0 Å². The number of amides is 1. The van der Waals surface area contributed by atoms with E-state index in [-0.39, 0.29) is 12.5 Å². The van der Waals surface area contributed by atoms with Crippen LogP contribution >= 0.6 is 0 Å². The summed E-state index contributed by atoms with van der Waals surface area (Å²) in [7, 11) is 3.06. The van der Waals surface area contributed by atoms with Gasteiger partial charge in [0, 0.05) is 26.5 Å². The molecule has 0 heterocycles. The summed E-state index contributed by atoms with van der Waals surface area (Å²) in [5.74, 6) is -0.140. The van der Waals surface area contributed by atoms with Gasteiger partial charge in [0.15, 0.2) is 0 Å². The van der Waals surface area contributed by atoms with Gasteiger partial charge in [-0.1, -0.05) is 0 Å². The predicted octanol–water partition coefficient (Wildman–Crippen LogP) is 1.18. The molecule has 0 unspecified atom stereocenters. The van der Waals surface area contributed by atoms with Gasteiger partial charge < -0.3 is 14.4 Å². The molecule has 0 saturated heterocycles. The Bertz CT molecular complexity index is 423. The van der Waals surface area contributed by atoms with Gasteiger partial charge in [-0.25, -0.2) is 0 Å². The van der Waals surface area contributed by atoms with Crippen LogP contribution in [0.15, 0.2) is 24.3 Å². The van der Waals surface area contributed by atoms with Gasteiger partial charge in [0.1, 0.15) is 6.61 Å². The zero-order chi connectivity index (χ0) is 13.4. The van der Waals surface area contributed by atoms with Crippen LogP contribution in [-0.2, 0) is 14.3 Å². The van der Waals surface area contributed by atoms with Crippen molar-refractivity contribution in [3.63, 3.8) is 0 Å². The summed E-state index contributed by atoms with van der Waals surface area (Å²) in [6.07, 6.45) is 0. The van der Waals surface area contributed by atoms with E-state index in [0.29, 0.717) is 18.7 Å². The van der Waals surface area contributed by atoms with Crippen LogP contribution in [0.5, 0.6) is 0 Å². The average Bonchev–Trinajstić information content (AvgIpc) is 2.40. The molecule has 5 nitrogen and oxygen atoms in total. The zero-order valence-electron chi connectivity index (χ0n) is 10.5. The van der Waals surface area contributed by atoms with E-state index in [9.17, 15) is 4.79 Å². The lowest BCUT2D eigenvalue weighted by Crippen LogP contribution is -2.36. The standard InChI is InChI=1S/C13H16N2O3/c1-17-8-7-15(13(16)10-18-2)12-5-3-11(9-14)4-6-12/h3-6H,7-8,10H2,1-2H3. The van der Waals surface area contributed by atoms with Crippen LogP contribution in [0, 0.1) is 11.3 Å². The number of benzene rings is 1. The van der Waals surface area contributed by atoms with Crippen molar-refractivity contribution in [2.24, 2.45) is 0 Å². The molecular formula is C13H16N2O3. The highest BCUT2D eigenvalue weighted by atomic mass is 16.5. The first-order valence-electron chi connectivity index (χ1n) is 5.51. The van der Waals surface area contributed by atoms with Crippen LogP contribution in [0.3, 0.4) is 0 Å². The van der Waals surface area contributed by atoms with E-state index in [1.165, 1.54) is 7.11 Å². The van der Waals surface area contributed by atoms with Gasteiger partial charge in [-0.15, -0.1) is 0 Å².